The van der Waals surface area contributed by atoms with E-state index < -0.39 is 23.1 Å². The lowest BCUT2D eigenvalue weighted by Gasteiger charge is -2.28. The summed E-state index contributed by atoms with van der Waals surface area (Å²) >= 11 is 1.42. The number of alkyl carbamates (subject to hydrolysis) is 1. The van der Waals surface area contributed by atoms with Crippen molar-refractivity contribution >= 4 is 23.4 Å². The number of thiazole rings is 1. The zero-order valence-electron chi connectivity index (χ0n) is 12.8. The van der Waals surface area contributed by atoms with E-state index in [0.29, 0.717) is 6.42 Å². The van der Waals surface area contributed by atoms with Crippen molar-refractivity contribution in [3.05, 3.63) is 16.6 Å². The van der Waals surface area contributed by atoms with Crippen LogP contribution in [0.25, 0.3) is 0 Å². The van der Waals surface area contributed by atoms with Gasteiger partial charge in [-0.2, -0.15) is 0 Å². The second-order valence-electron chi connectivity index (χ2n) is 5.95. The first-order valence-electron chi connectivity index (χ1n) is 6.76. The summed E-state index contributed by atoms with van der Waals surface area (Å²) in [5, 5.41) is 13.9. The number of nitrogens with one attached hydrogen (secondary N) is 1. The van der Waals surface area contributed by atoms with Crippen LogP contribution in [0, 0.1) is 5.41 Å². The Hall–Kier alpha value is -1.63. The van der Waals surface area contributed by atoms with Crippen LogP contribution in [-0.4, -0.2) is 34.3 Å². The van der Waals surface area contributed by atoms with Crippen LogP contribution in [0.3, 0.4) is 0 Å². The SMILES string of the molecule is CCC(CNC(=O)OC(C)(C)C)(Cc1cscn1)C(=O)O. The van der Waals surface area contributed by atoms with Gasteiger partial charge in [0.2, 0.25) is 0 Å². The Morgan fingerprint density at radius 2 is 2.10 bits per heavy atom. The molecule has 0 aliphatic carbocycles. The summed E-state index contributed by atoms with van der Waals surface area (Å²) in [6.07, 6.45) is 0.0493. The van der Waals surface area contributed by atoms with Crippen molar-refractivity contribution in [2.75, 3.05) is 6.54 Å². The maximum absolute atomic E-state index is 11.7. The average Bonchev–Trinajstić information content (AvgIpc) is 2.84. The molecule has 21 heavy (non-hydrogen) atoms. The number of hydrogen-bond donors (Lipinski definition) is 2. The minimum Gasteiger partial charge on any atom is -0.481 e. The summed E-state index contributed by atoms with van der Waals surface area (Å²) in [5.41, 5.74) is 0.691. The van der Waals surface area contributed by atoms with Gasteiger partial charge in [-0.25, -0.2) is 9.78 Å². The molecule has 1 rings (SSSR count). The Balaban J connectivity index is 2.74. The molecule has 6 nitrogen and oxygen atoms in total. The quantitative estimate of drug-likeness (QED) is 0.842. The van der Waals surface area contributed by atoms with Gasteiger partial charge in [-0.1, -0.05) is 6.92 Å². The van der Waals surface area contributed by atoms with Crippen molar-refractivity contribution in [1.29, 1.82) is 0 Å². The van der Waals surface area contributed by atoms with Crippen molar-refractivity contribution < 1.29 is 19.4 Å². The molecule has 0 radical (unpaired) electrons. The highest BCUT2D eigenvalue weighted by molar-refractivity contribution is 7.07. The third-order valence-corrected chi connectivity index (χ3v) is 3.74. The first-order chi connectivity index (χ1) is 9.68. The Bertz CT molecular complexity index is 482. The van der Waals surface area contributed by atoms with E-state index >= 15 is 0 Å². The van der Waals surface area contributed by atoms with Gasteiger partial charge < -0.3 is 15.2 Å². The van der Waals surface area contributed by atoms with Crippen LogP contribution in [0.2, 0.25) is 0 Å². The van der Waals surface area contributed by atoms with Crippen LogP contribution >= 0.6 is 11.3 Å². The summed E-state index contributed by atoms with van der Waals surface area (Å²) in [5.74, 6) is -0.950. The van der Waals surface area contributed by atoms with Gasteiger partial charge in [-0.3, -0.25) is 4.79 Å². The fraction of sp³-hybridized carbons (Fsp3) is 0.643. The molecular formula is C14H22N2O4S. The number of nitrogens with zero attached hydrogens (tertiary/aromatic N) is 1. The molecule has 1 atom stereocenters. The lowest BCUT2D eigenvalue weighted by molar-refractivity contribution is -0.148. The molecule has 7 heteroatoms. The molecule has 1 unspecified atom stereocenters. The fourth-order valence-electron chi connectivity index (χ4n) is 1.84. The largest absolute Gasteiger partial charge is 0.481 e. The number of carboxylic acid groups (broad SMARTS) is 1. The van der Waals surface area contributed by atoms with E-state index in [1.54, 1.807) is 33.2 Å². The van der Waals surface area contributed by atoms with Crippen molar-refractivity contribution in [3.63, 3.8) is 0 Å². The van der Waals surface area contributed by atoms with Crippen LogP contribution in [0.4, 0.5) is 4.79 Å². The molecule has 0 aromatic carbocycles. The standard InChI is InChI=1S/C14H22N2O4S/c1-5-14(11(17)18,6-10-7-21-9-16-10)8-15-12(19)20-13(2,3)4/h7,9H,5-6,8H2,1-4H3,(H,15,19)(H,17,18). The summed E-state index contributed by atoms with van der Waals surface area (Å²) in [6, 6.07) is 0. The topological polar surface area (TPSA) is 88.5 Å². The van der Waals surface area contributed by atoms with Crippen LogP contribution in [0.1, 0.15) is 39.8 Å². The van der Waals surface area contributed by atoms with Crippen molar-refractivity contribution in [2.45, 2.75) is 46.1 Å². The van der Waals surface area contributed by atoms with Gasteiger partial charge in [0.25, 0.3) is 0 Å². The van der Waals surface area contributed by atoms with Crippen molar-refractivity contribution in [3.8, 4) is 0 Å². The van der Waals surface area contributed by atoms with Gasteiger partial charge in [0.05, 0.1) is 16.6 Å². The number of carboxylic acids is 1. The molecule has 1 aromatic heterocycles. The van der Waals surface area contributed by atoms with Gasteiger partial charge in [0.15, 0.2) is 0 Å². The molecule has 0 fully saturated rings. The van der Waals surface area contributed by atoms with E-state index in [4.69, 9.17) is 4.74 Å². The number of ether oxygens (including phenoxy) is 1. The maximum atomic E-state index is 11.7. The second-order valence-corrected chi connectivity index (χ2v) is 6.67. The highest BCUT2D eigenvalue weighted by Crippen LogP contribution is 2.27. The van der Waals surface area contributed by atoms with E-state index in [-0.39, 0.29) is 13.0 Å². The number of aliphatic carboxylic acids is 1. The zero-order valence-corrected chi connectivity index (χ0v) is 13.6. The number of aromatic nitrogens is 1. The molecule has 0 bridgehead atoms. The molecule has 0 saturated carbocycles. The third-order valence-electron chi connectivity index (χ3n) is 3.10. The lowest BCUT2D eigenvalue weighted by atomic mass is 9.80. The first-order valence-corrected chi connectivity index (χ1v) is 7.70. The van der Waals surface area contributed by atoms with Crippen molar-refractivity contribution in [1.82, 2.24) is 10.3 Å². The normalized spacial score (nSPS) is 14.3. The van der Waals surface area contributed by atoms with Gasteiger partial charge in [-0.15, -0.1) is 11.3 Å². The number of carbonyl (C=O) groups is 2. The van der Waals surface area contributed by atoms with E-state index in [9.17, 15) is 14.7 Å². The molecule has 0 spiro atoms. The van der Waals surface area contributed by atoms with Crippen LogP contribution in [-0.2, 0) is 16.0 Å². The van der Waals surface area contributed by atoms with E-state index in [2.05, 4.69) is 10.3 Å². The van der Waals surface area contributed by atoms with Gasteiger partial charge >= 0.3 is 12.1 Å². The number of rotatable bonds is 6. The van der Waals surface area contributed by atoms with Crippen LogP contribution in [0.15, 0.2) is 10.9 Å². The highest BCUT2D eigenvalue weighted by atomic mass is 32.1. The van der Waals surface area contributed by atoms with Gasteiger partial charge in [0.1, 0.15) is 5.60 Å². The van der Waals surface area contributed by atoms with Crippen LogP contribution < -0.4 is 5.32 Å². The molecular weight excluding hydrogens is 292 g/mol. The van der Waals surface area contributed by atoms with Crippen molar-refractivity contribution in [2.24, 2.45) is 5.41 Å². The number of carbonyl (C=O) groups excluding carboxylic acids is 1. The molecule has 1 heterocycles. The molecule has 0 aliphatic rings. The van der Waals surface area contributed by atoms with Gasteiger partial charge in [-0.05, 0) is 27.2 Å². The Labute approximate surface area is 128 Å². The Morgan fingerprint density at radius 1 is 1.43 bits per heavy atom. The Morgan fingerprint density at radius 3 is 2.52 bits per heavy atom. The molecule has 1 amide bonds. The number of amides is 1. The monoisotopic (exact) mass is 314 g/mol. The predicted molar refractivity (Wildman–Crippen MR) is 80.4 cm³/mol. The average molecular weight is 314 g/mol. The van der Waals surface area contributed by atoms with Gasteiger partial charge in [0, 0.05) is 18.3 Å². The van der Waals surface area contributed by atoms with E-state index in [1.165, 1.54) is 11.3 Å². The minimum absolute atomic E-state index is 0.00523. The summed E-state index contributed by atoms with van der Waals surface area (Å²) in [7, 11) is 0. The van der Waals surface area contributed by atoms with E-state index in [0.717, 1.165) is 5.69 Å². The highest BCUT2D eigenvalue weighted by Gasteiger charge is 2.38. The van der Waals surface area contributed by atoms with Crippen LogP contribution in [0.5, 0.6) is 0 Å². The zero-order chi connectivity index (χ0) is 16.1. The molecule has 0 saturated heterocycles. The minimum atomic E-state index is -1.08. The molecule has 0 aliphatic heterocycles. The summed E-state index contributed by atoms with van der Waals surface area (Å²) in [6.45, 7) is 7.06. The molecule has 1 aromatic rings. The number of hydrogen-bond acceptors (Lipinski definition) is 5. The smallest absolute Gasteiger partial charge is 0.407 e. The Kier molecular flexibility index (Phi) is 5.71. The lowest BCUT2D eigenvalue weighted by Crippen LogP contribution is -2.45. The maximum Gasteiger partial charge on any atom is 0.407 e. The molecule has 118 valence electrons. The predicted octanol–water partition coefficient (Wildman–Crippen LogP) is 2.69. The third kappa shape index (κ3) is 5.34. The summed E-state index contributed by atoms with van der Waals surface area (Å²) < 4.78 is 5.14. The fourth-order valence-corrected chi connectivity index (χ4v) is 2.40. The second kappa shape index (κ2) is 6.89. The first kappa shape index (κ1) is 17.4. The van der Waals surface area contributed by atoms with E-state index in [1.807, 2.05) is 5.38 Å². The summed E-state index contributed by atoms with van der Waals surface area (Å²) in [4.78, 5) is 27.5. The molecule has 2 N–H and O–H groups in total.